The van der Waals surface area contributed by atoms with Crippen LogP contribution in [0.4, 0.5) is 5.69 Å². The fraction of sp³-hybridized carbons (Fsp3) is 0.500. The summed E-state index contributed by atoms with van der Waals surface area (Å²) in [5.74, 6) is 0.140. The predicted molar refractivity (Wildman–Crippen MR) is 81.5 cm³/mol. The number of hydrogen-bond acceptors (Lipinski definition) is 4. The number of nitrogens with one attached hydrogen (secondary N) is 1. The summed E-state index contributed by atoms with van der Waals surface area (Å²) in [5.41, 5.74) is 7.72. The van der Waals surface area contributed by atoms with Crippen LogP contribution in [0.3, 0.4) is 0 Å². The van der Waals surface area contributed by atoms with Crippen molar-refractivity contribution < 1.29 is 4.74 Å². The van der Waals surface area contributed by atoms with Gasteiger partial charge in [-0.1, -0.05) is 13.0 Å². The topological polar surface area (TPSA) is 62.3 Å². The Morgan fingerprint density at radius 3 is 3.00 bits per heavy atom. The number of thioether (sulfide) groups is 1. The van der Waals surface area contributed by atoms with E-state index in [2.05, 4.69) is 17.9 Å². The largest absolute Gasteiger partial charge is 0.384 e. The number of nitrogens with zero attached hydrogens (tertiary/aromatic N) is 1. The van der Waals surface area contributed by atoms with Crippen LogP contribution in [-0.2, 0) is 4.74 Å². The molecule has 2 rings (SSSR count). The molecule has 1 aromatic carbocycles. The van der Waals surface area contributed by atoms with Gasteiger partial charge in [0.2, 0.25) is 0 Å². The fourth-order valence-electron chi connectivity index (χ4n) is 2.51. The molecule has 4 nitrogen and oxygen atoms in total. The van der Waals surface area contributed by atoms with Crippen LogP contribution in [-0.4, -0.2) is 37.9 Å². The van der Waals surface area contributed by atoms with Crippen molar-refractivity contribution in [3.05, 3.63) is 23.8 Å². The maximum absolute atomic E-state index is 7.87. The number of nitrogen functional groups attached to an aromatic ring is 1. The molecular weight excluding hydrogens is 258 g/mol. The van der Waals surface area contributed by atoms with Gasteiger partial charge in [-0.15, -0.1) is 11.8 Å². The quantitative estimate of drug-likeness (QED) is 0.504. The molecule has 1 fully saturated rings. The summed E-state index contributed by atoms with van der Waals surface area (Å²) in [6.07, 6.45) is 3.04. The molecule has 1 heterocycles. The van der Waals surface area contributed by atoms with Gasteiger partial charge in [0.15, 0.2) is 0 Å². The van der Waals surface area contributed by atoms with E-state index < -0.39 is 0 Å². The van der Waals surface area contributed by atoms with E-state index in [9.17, 15) is 0 Å². The first-order chi connectivity index (χ1) is 9.19. The Bertz CT molecular complexity index is 464. The molecular formula is C14H21N3OS. The molecule has 19 heavy (non-hydrogen) atoms. The number of morpholine rings is 1. The average molecular weight is 279 g/mol. The summed E-state index contributed by atoms with van der Waals surface area (Å²) in [6.45, 7) is 4.50. The average Bonchev–Trinajstić information content (AvgIpc) is 2.46. The standard InChI is InChI=1S/C14H21N3OS/c1-3-10-9-18-8-7-17(10)11-5-4-6-12(19-2)13(11)14(15)16/h4-6,10H,3,7-9H2,1-2H3,(H3,15,16). The minimum atomic E-state index is 0.140. The third-order valence-electron chi connectivity index (χ3n) is 3.50. The minimum Gasteiger partial charge on any atom is -0.384 e. The van der Waals surface area contributed by atoms with Gasteiger partial charge in [-0.3, -0.25) is 5.41 Å². The van der Waals surface area contributed by atoms with Crippen molar-refractivity contribution in [3.63, 3.8) is 0 Å². The Morgan fingerprint density at radius 1 is 1.58 bits per heavy atom. The van der Waals surface area contributed by atoms with E-state index in [-0.39, 0.29) is 5.84 Å². The molecule has 3 N–H and O–H groups in total. The fourth-order valence-corrected chi connectivity index (χ4v) is 3.14. The molecule has 1 aliphatic heterocycles. The van der Waals surface area contributed by atoms with E-state index in [1.54, 1.807) is 11.8 Å². The second-order valence-electron chi connectivity index (χ2n) is 4.60. The smallest absolute Gasteiger partial charge is 0.126 e. The second-order valence-corrected chi connectivity index (χ2v) is 5.45. The van der Waals surface area contributed by atoms with E-state index in [1.807, 2.05) is 18.4 Å². The molecule has 0 spiro atoms. The van der Waals surface area contributed by atoms with Crippen LogP contribution in [0, 0.1) is 5.41 Å². The lowest BCUT2D eigenvalue weighted by molar-refractivity contribution is 0.0929. The van der Waals surface area contributed by atoms with Crippen molar-refractivity contribution in [2.45, 2.75) is 24.3 Å². The van der Waals surface area contributed by atoms with Gasteiger partial charge in [0.1, 0.15) is 5.84 Å². The number of rotatable bonds is 4. The molecule has 0 bridgehead atoms. The molecule has 1 aliphatic rings. The molecule has 0 amide bonds. The number of hydrogen-bond donors (Lipinski definition) is 2. The van der Waals surface area contributed by atoms with Crippen molar-refractivity contribution in [2.24, 2.45) is 5.73 Å². The van der Waals surface area contributed by atoms with Crippen molar-refractivity contribution in [1.82, 2.24) is 0 Å². The van der Waals surface area contributed by atoms with Gasteiger partial charge in [-0.2, -0.15) is 0 Å². The highest BCUT2D eigenvalue weighted by Crippen LogP contribution is 2.31. The van der Waals surface area contributed by atoms with Crippen molar-refractivity contribution in [3.8, 4) is 0 Å². The van der Waals surface area contributed by atoms with Gasteiger partial charge in [-0.25, -0.2) is 0 Å². The van der Waals surface area contributed by atoms with Crippen LogP contribution in [0.2, 0.25) is 0 Å². The number of ether oxygens (including phenoxy) is 1. The van der Waals surface area contributed by atoms with Crippen LogP contribution in [0.5, 0.6) is 0 Å². The predicted octanol–water partition coefficient (Wildman–Crippen LogP) is 2.31. The Morgan fingerprint density at radius 2 is 2.37 bits per heavy atom. The molecule has 0 aromatic heterocycles. The molecule has 1 atom stereocenters. The summed E-state index contributed by atoms with van der Waals surface area (Å²) >= 11 is 1.63. The van der Waals surface area contributed by atoms with E-state index in [0.717, 1.165) is 42.3 Å². The Labute approximate surface area is 118 Å². The Kier molecular flexibility index (Phi) is 4.71. The first-order valence-electron chi connectivity index (χ1n) is 6.54. The molecule has 1 aromatic rings. The maximum Gasteiger partial charge on any atom is 0.126 e. The number of amidine groups is 1. The molecule has 5 heteroatoms. The van der Waals surface area contributed by atoms with Crippen LogP contribution < -0.4 is 10.6 Å². The normalized spacial score (nSPS) is 19.5. The molecule has 0 radical (unpaired) electrons. The molecule has 1 unspecified atom stereocenters. The van der Waals surface area contributed by atoms with Crippen molar-refractivity contribution in [1.29, 1.82) is 5.41 Å². The monoisotopic (exact) mass is 279 g/mol. The Balaban J connectivity index is 2.45. The Hall–Kier alpha value is -1.20. The second kappa shape index (κ2) is 6.30. The lowest BCUT2D eigenvalue weighted by Gasteiger charge is -2.38. The summed E-state index contributed by atoms with van der Waals surface area (Å²) in [5, 5.41) is 7.87. The number of anilines is 1. The first-order valence-corrected chi connectivity index (χ1v) is 7.77. The highest BCUT2D eigenvalue weighted by atomic mass is 32.2. The van der Waals surface area contributed by atoms with E-state index in [0.29, 0.717) is 6.04 Å². The summed E-state index contributed by atoms with van der Waals surface area (Å²) in [7, 11) is 0. The molecule has 0 aliphatic carbocycles. The zero-order valence-electron chi connectivity index (χ0n) is 11.5. The van der Waals surface area contributed by atoms with Gasteiger partial charge >= 0.3 is 0 Å². The minimum absolute atomic E-state index is 0.140. The maximum atomic E-state index is 7.87. The SMILES string of the molecule is CCC1COCCN1c1cccc(SC)c1C(=N)N. The number of nitrogens with two attached hydrogens (primary N) is 1. The lowest BCUT2D eigenvalue weighted by atomic mass is 10.1. The van der Waals surface area contributed by atoms with Crippen molar-refractivity contribution >= 4 is 23.3 Å². The van der Waals surface area contributed by atoms with Crippen LogP contribution in [0.25, 0.3) is 0 Å². The first kappa shape index (κ1) is 14.2. The van der Waals surface area contributed by atoms with E-state index in [4.69, 9.17) is 15.9 Å². The highest BCUT2D eigenvalue weighted by Gasteiger charge is 2.25. The zero-order valence-corrected chi connectivity index (χ0v) is 12.3. The number of benzene rings is 1. The van der Waals surface area contributed by atoms with Gasteiger partial charge in [0, 0.05) is 17.1 Å². The van der Waals surface area contributed by atoms with Gasteiger partial charge in [0.05, 0.1) is 24.8 Å². The van der Waals surface area contributed by atoms with Crippen molar-refractivity contribution in [2.75, 3.05) is 30.9 Å². The van der Waals surface area contributed by atoms with Crippen LogP contribution >= 0.6 is 11.8 Å². The third-order valence-corrected chi connectivity index (χ3v) is 4.28. The van der Waals surface area contributed by atoms with Crippen LogP contribution in [0.1, 0.15) is 18.9 Å². The van der Waals surface area contributed by atoms with Crippen LogP contribution in [0.15, 0.2) is 23.1 Å². The lowest BCUT2D eigenvalue weighted by Crippen LogP contribution is -2.46. The molecule has 104 valence electrons. The van der Waals surface area contributed by atoms with Gasteiger partial charge < -0.3 is 15.4 Å². The molecule has 1 saturated heterocycles. The summed E-state index contributed by atoms with van der Waals surface area (Å²) < 4.78 is 5.55. The third kappa shape index (κ3) is 2.87. The van der Waals surface area contributed by atoms with Gasteiger partial charge in [-0.05, 0) is 24.8 Å². The zero-order chi connectivity index (χ0) is 13.8. The van der Waals surface area contributed by atoms with E-state index in [1.165, 1.54) is 0 Å². The summed E-state index contributed by atoms with van der Waals surface area (Å²) in [6, 6.07) is 6.48. The summed E-state index contributed by atoms with van der Waals surface area (Å²) in [4.78, 5) is 3.39. The highest BCUT2D eigenvalue weighted by molar-refractivity contribution is 7.98. The molecule has 0 saturated carbocycles. The van der Waals surface area contributed by atoms with Gasteiger partial charge in [0.25, 0.3) is 0 Å². The van der Waals surface area contributed by atoms with E-state index >= 15 is 0 Å².